The van der Waals surface area contributed by atoms with E-state index in [0.29, 0.717) is 11.6 Å². The molecule has 0 aliphatic carbocycles. The molecule has 132 valence electrons. The third-order valence-corrected chi connectivity index (χ3v) is 4.48. The van der Waals surface area contributed by atoms with Gasteiger partial charge < -0.3 is 14.5 Å². The molecule has 1 aromatic heterocycles. The maximum Gasteiger partial charge on any atom is 0.373 e. The van der Waals surface area contributed by atoms with Crippen molar-refractivity contribution in [2.45, 2.75) is 18.9 Å². The first-order chi connectivity index (χ1) is 12.1. The molecular weight excluding hydrogens is 322 g/mol. The monoisotopic (exact) mass is 343 g/mol. The number of benzene rings is 1. The molecule has 0 bridgehead atoms. The standard InChI is InChI=1S/C17H21N5O3/c1-20-10-8-13(9-11-20)21(2)16-15(22(23)24)17(19-12-18-16)25-14-6-4-3-5-7-14/h3-7,12-13H,8-11H2,1-2H3. The smallest absolute Gasteiger partial charge is 0.373 e. The van der Waals surface area contributed by atoms with Gasteiger partial charge in [-0.3, -0.25) is 10.1 Å². The van der Waals surface area contributed by atoms with Crippen molar-refractivity contribution in [2.24, 2.45) is 0 Å². The zero-order valence-corrected chi connectivity index (χ0v) is 14.3. The van der Waals surface area contributed by atoms with Gasteiger partial charge in [0, 0.05) is 13.1 Å². The van der Waals surface area contributed by atoms with E-state index in [1.54, 1.807) is 24.3 Å². The number of para-hydroxylation sites is 1. The van der Waals surface area contributed by atoms with Crippen molar-refractivity contribution in [3.63, 3.8) is 0 Å². The van der Waals surface area contributed by atoms with Gasteiger partial charge in [0.05, 0.1) is 4.92 Å². The molecule has 8 nitrogen and oxygen atoms in total. The molecule has 2 heterocycles. The summed E-state index contributed by atoms with van der Waals surface area (Å²) in [6.07, 6.45) is 3.18. The number of piperidine rings is 1. The molecule has 1 saturated heterocycles. The molecule has 0 radical (unpaired) electrons. The lowest BCUT2D eigenvalue weighted by Crippen LogP contribution is -2.42. The van der Waals surface area contributed by atoms with Crippen LogP contribution >= 0.6 is 0 Å². The number of aromatic nitrogens is 2. The number of likely N-dealkylation sites (tertiary alicyclic amines) is 1. The first kappa shape index (κ1) is 17.1. The molecule has 1 aromatic carbocycles. The van der Waals surface area contributed by atoms with Crippen LogP contribution < -0.4 is 9.64 Å². The lowest BCUT2D eigenvalue weighted by atomic mass is 10.0. The van der Waals surface area contributed by atoms with Crippen molar-refractivity contribution in [3.8, 4) is 11.6 Å². The van der Waals surface area contributed by atoms with Crippen LogP contribution in [0.4, 0.5) is 11.5 Å². The zero-order chi connectivity index (χ0) is 17.8. The lowest BCUT2D eigenvalue weighted by molar-refractivity contribution is -0.385. The molecule has 0 atom stereocenters. The fourth-order valence-electron chi connectivity index (χ4n) is 3.00. The Morgan fingerprint density at radius 3 is 2.56 bits per heavy atom. The van der Waals surface area contributed by atoms with Crippen LogP contribution in [0.3, 0.4) is 0 Å². The Bertz CT molecular complexity index is 732. The summed E-state index contributed by atoms with van der Waals surface area (Å²) in [4.78, 5) is 23.5. The van der Waals surface area contributed by atoms with Crippen LogP contribution in [0.15, 0.2) is 36.7 Å². The van der Waals surface area contributed by atoms with Crippen LogP contribution in [0.25, 0.3) is 0 Å². The van der Waals surface area contributed by atoms with Crippen LogP contribution in [0.5, 0.6) is 11.6 Å². The molecule has 0 unspecified atom stereocenters. The summed E-state index contributed by atoms with van der Waals surface area (Å²) in [5, 5.41) is 11.7. The Hall–Kier alpha value is -2.74. The lowest BCUT2D eigenvalue weighted by Gasteiger charge is -2.35. The van der Waals surface area contributed by atoms with Crippen LogP contribution in [-0.2, 0) is 0 Å². The van der Waals surface area contributed by atoms with E-state index >= 15 is 0 Å². The zero-order valence-electron chi connectivity index (χ0n) is 14.3. The van der Waals surface area contributed by atoms with Gasteiger partial charge in [-0.1, -0.05) is 18.2 Å². The molecule has 2 aromatic rings. The van der Waals surface area contributed by atoms with Crippen LogP contribution in [0.1, 0.15) is 12.8 Å². The van der Waals surface area contributed by atoms with Gasteiger partial charge in [-0.25, -0.2) is 4.98 Å². The van der Waals surface area contributed by atoms with E-state index in [0.717, 1.165) is 25.9 Å². The highest BCUT2D eigenvalue weighted by molar-refractivity contribution is 5.63. The topological polar surface area (TPSA) is 84.6 Å². The van der Waals surface area contributed by atoms with Gasteiger partial charge in [-0.2, -0.15) is 4.98 Å². The summed E-state index contributed by atoms with van der Waals surface area (Å²) in [6, 6.07) is 9.11. The second-order valence-electron chi connectivity index (χ2n) is 6.17. The average molecular weight is 343 g/mol. The van der Waals surface area contributed by atoms with Gasteiger partial charge in [-0.15, -0.1) is 0 Å². The maximum atomic E-state index is 11.7. The summed E-state index contributed by atoms with van der Waals surface area (Å²) >= 11 is 0. The highest BCUT2D eigenvalue weighted by Crippen LogP contribution is 2.37. The fraction of sp³-hybridized carbons (Fsp3) is 0.412. The van der Waals surface area contributed by atoms with E-state index in [2.05, 4.69) is 21.9 Å². The first-order valence-electron chi connectivity index (χ1n) is 8.20. The molecule has 8 heteroatoms. The third-order valence-electron chi connectivity index (χ3n) is 4.48. The molecular formula is C17H21N5O3. The molecule has 1 aliphatic rings. The van der Waals surface area contributed by atoms with Gasteiger partial charge in [0.15, 0.2) is 0 Å². The second-order valence-corrected chi connectivity index (χ2v) is 6.17. The summed E-state index contributed by atoms with van der Waals surface area (Å²) in [5.74, 6) is 0.749. The Labute approximate surface area is 146 Å². The van der Waals surface area contributed by atoms with Crippen LogP contribution in [0.2, 0.25) is 0 Å². The van der Waals surface area contributed by atoms with Crippen molar-refractivity contribution in [1.82, 2.24) is 14.9 Å². The van der Waals surface area contributed by atoms with Crippen LogP contribution in [0, 0.1) is 10.1 Å². The number of rotatable bonds is 5. The van der Waals surface area contributed by atoms with E-state index in [9.17, 15) is 10.1 Å². The van der Waals surface area contributed by atoms with Gasteiger partial charge in [0.1, 0.15) is 12.1 Å². The minimum Gasteiger partial charge on any atom is -0.434 e. The number of hydrogen-bond acceptors (Lipinski definition) is 7. The van der Waals surface area contributed by atoms with Gasteiger partial charge in [0.2, 0.25) is 5.82 Å². The highest BCUT2D eigenvalue weighted by atomic mass is 16.6. The maximum absolute atomic E-state index is 11.7. The molecule has 0 amide bonds. The number of nitrogens with zero attached hydrogens (tertiary/aromatic N) is 5. The van der Waals surface area contributed by atoms with Crippen molar-refractivity contribution in [2.75, 3.05) is 32.1 Å². The Morgan fingerprint density at radius 2 is 1.92 bits per heavy atom. The van der Waals surface area contributed by atoms with Gasteiger partial charge in [-0.05, 0) is 45.1 Å². The fourth-order valence-corrected chi connectivity index (χ4v) is 3.00. The molecule has 1 aliphatic heterocycles. The Balaban J connectivity index is 1.91. The molecule has 0 N–H and O–H groups in total. The van der Waals surface area contributed by atoms with E-state index in [4.69, 9.17) is 4.74 Å². The highest BCUT2D eigenvalue weighted by Gasteiger charge is 2.31. The Morgan fingerprint density at radius 1 is 1.24 bits per heavy atom. The summed E-state index contributed by atoms with van der Waals surface area (Å²) in [5.41, 5.74) is -0.201. The molecule has 0 spiro atoms. The normalized spacial score (nSPS) is 15.8. The van der Waals surface area contributed by atoms with Crippen molar-refractivity contribution < 1.29 is 9.66 Å². The summed E-state index contributed by atoms with van der Waals surface area (Å²) in [7, 11) is 3.92. The van der Waals surface area contributed by atoms with E-state index in [-0.39, 0.29) is 17.6 Å². The third kappa shape index (κ3) is 3.85. The molecule has 1 fully saturated rings. The van der Waals surface area contributed by atoms with Crippen LogP contribution in [-0.4, -0.2) is 53.0 Å². The molecule has 25 heavy (non-hydrogen) atoms. The Kier molecular flexibility index (Phi) is 5.08. The second kappa shape index (κ2) is 7.43. The minimum absolute atomic E-state index is 0.0408. The first-order valence-corrected chi connectivity index (χ1v) is 8.20. The SMILES string of the molecule is CN1CCC(N(C)c2ncnc(Oc3ccccc3)c2[N+](=O)[O-])CC1. The van der Waals surface area contributed by atoms with Crippen molar-refractivity contribution in [1.29, 1.82) is 0 Å². The molecule has 0 saturated carbocycles. The van der Waals surface area contributed by atoms with E-state index < -0.39 is 4.92 Å². The number of anilines is 1. The summed E-state index contributed by atoms with van der Waals surface area (Å²) in [6.45, 7) is 1.92. The predicted octanol–water partition coefficient (Wildman–Crippen LogP) is 2.71. The number of hydrogen-bond donors (Lipinski definition) is 0. The number of ether oxygens (including phenoxy) is 1. The number of nitro groups is 1. The van der Waals surface area contributed by atoms with E-state index in [1.807, 2.05) is 18.0 Å². The largest absolute Gasteiger partial charge is 0.434 e. The van der Waals surface area contributed by atoms with Crippen molar-refractivity contribution in [3.05, 3.63) is 46.8 Å². The van der Waals surface area contributed by atoms with Gasteiger partial charge in [0.25, 0.3) is 0 Å². The quantitative estimate of drug-likeness (QED) is 0.609. The van der Waals surface area contributed by atoms with Crippen molar-refractivity contribution >= 4 is 11.5 Å². The van der Waals surface area contributed by atoms with E-state index in [1.165, 1.54) is 6.33 Å². The average Bonchev–Trinajstić information content (AvgIpc) is 2.62. The summed E-state index contributed by atoms with van der Waals surface area (Å²) < 4.78 is 5.64. The van der Waals surface area contributed by atoms with Gasteiger partial charge >= 0.3 is 11.6 Å². The predicted molar refractivity (Wildman–Crippen MR) is 94.1 cm³/mol. The molecule has 3 rings (SSSR count). The minimum atomic E-state index is -0.473.